The van der Waals surface area contributed by atoms with Crippen LogP contribution in [0.2, 0.25) is 0 Å². The number of hydrogen-bond acceptors (Lipinski definition) is 10. The molecule has 6 atom stereocenters. The Bertz CT molecular complexity index is 1410. The summed E-state index contributed by atoms with van der Waals surface area (Å²) in [5.74, 6) is -3.21. The molecule has 19 nitrogen and oxygen atoms in total. The number of aliphatic imine (C=N–C) groups is 2. The van der Waals surface area contributed by atoms with Gasteiger partial charge >= 0.3 is 0 Å². The van der Waals surface area contributed by atoms with Crippen molar-refractivity contribution in [3.05, 3.63) is 29.8 Å². The molecule has 2 rings (SSSR count). The van der Waals surface area contributed by atoms with Crippen LogP contribution in [0, 0.1) is 0 Å². The molecule has 0 radical (unpaired) electrons. The molecule has 0 spiro atoms. The lowest BCUT2D eigenvalue weighted by Crippen LogP contribution is -2.58. The lowest BCUT2D eigenvalue weighted by molar-refractivity contribution is -0.142. The number of rotatable bonds is 20. The minimum atomic E-state index is -1.19. The molecule has 1 aromatic carbocycles. The number of amides is 5. The third kappa shape index (κ3) is 14.5. The van der Waals surface area contributed by atoms with Crippen LogP contribution in [0.4, 0.5) is 0 Å². The van der Waals surface area contributed by atoms with Gasteiger partial charge in [-0.3, -0.25) is 34.0 Å². The number of phenolic OH excluding ortho intramolecular Hbond substituents is 1. The third-order valence-electron chi connectivity index (χ3n) is 8.04. The van der Waals surface area contributed by atoms with Gasteiger partial charge in [0.05, 0.1) is 12.1 Å². The van der Waals surface area contributed by atoms with E-state index in [0.717, 1.165) is 0 Å². The Morgan fingerprint density at radius 2 is 1.47 bits per heavy atom. The number of nitrogens with two attached hydrogens (primary N) is 5. The number of carbonyl (C=O) groups is 6. The summed E-state index contributed by atoms with van der Waals surface area (Å²) in [5, 5.41) is 20.2. The summed E-state index contributed by atoms with van der Waals surface area (Å²) in [6.07, 6.45) is 2.42. The van der Waals surface area contributed by atoms with Gasteiger partial charge in [-0.25, -0.2) is 0 Å². The number of phenols is 1. The molecular weight excluding hydrogens is 664 g/mol. The van der Waals surface area contributed by atoms with E-state index in [1.807, 2.05) is 0 Å². The summed E-state index contributed by atoms with van der Waals surface area (Å²) in [6, 6.07) is -0.00448. The van der Waals surface area contributed by atoms with Crippen LogP contribution in [-0.4, -0.2) is 114 Å². The number of carbonyl (C=O) groups excluding carboxylic acids is 6. The Morgan fingerprint density at radius 1 is 0.863 bits per heavy atom. The van der Waals surface area contributed by atoms with E-state index in [2.05, 4.69) is 31.3 Å². The number of aldehydes is 1. The predicted molar refractivity (Wildman–Crippen MR) is 189 cm³/mol. The van der Waals surface area contributed by atoms with Crippen molar-refractivity contribution in [2.24, 2.45) is 38.7 Å². The molecule has 282 valence electrons. The van der Waals surface area contributed by atoms with Gasteiger partial charge in [0.15, 0.2) is 11.9 Å². The van der Waals surface area contributed by atoms with Gasteiger partial charge < -0.3 is 64.7 Å². The standard InChI is InChI=1S/C32H52N12O7/c1-18(17-45)40-26(47)19(2)41-28(49)24(16-20-9-11-21(46)12-10-20)43-29(50)25-8-5-15-44(25)30(51)23(7-4-14-39-32(36)37)42-27(48)22(33)6-3-13-38-31(34)35/h9-12,17-19,22-25,46H,3-8,13-16,33H2,1-2H3,(H,40,47)(H,41,49)(H,42,48)(H,43,50)(H4,34,35,38)(H4,36,37,39)/t18-,19-,22-,23-,24-,25-/m0/s1. The largest absolute Gasteiger partial charge is 0.508 e. The molecule has 0 unspecified atom stereocenters. The van der Waals surface area contributed by atoms with Crippen LogP contribution >= 0.6 is 0 Å². The normalized spacial score (nSPS) is 16.7. The molecule has 1 heterocycles. The van der Waals surface area contributed by atoms with E-state index < -0.39 is 65.8 Å². The number of nitrogens with one attached hydrogen (secondary N) is 4. The van der Waals surface area contributed by atoms with Gasteiger partial charge in [-0.1, -0.05) is 12.1 Å². The second kappa shape index (κ2) is 20.9. The highest BCUT2D eigenvalue weighted by atomic mass is 16.3. The third-order valence-corrected chi connectivity index (χ3v) is 8.04. The topological polar surface area (TPSA) is 329 Å². The summed E-state index contributed by atoms with van der Waals surface area (Å²) in [6.45, 7) is 3.58. The van der Waals surface area contributed by atoms with Gasteiger partial charge in [0, 0.05) is 26.1 Å². The van der Waals surface area contributed by atoms with Crippen molar-refractivity contribution in [2.45, 2.75) is 95.0 Å². The van der Waals surface area contributed by atoms with Crippen LogP contribution in [-0.2, 0) is 35.2 Å². The summed E-state index contributed by atoms with van der Waals surface area (Å²) in [4.78, 5) is 86.9. The van der Waals surface area contributed by atoms with Gasteiger partial charge in [0.1, 0.15) is 36.2 Å². The van der Waals surface area contributed by atoms with Crippen molar-refractivity contribution < 1.29 is 33.9 Å². The Kier molecular flexibility index (Phi) is 17.1. The van der Waals surface area contributed by atoms with Crippen molar-refractivity contribution in [3.63, 3.8) is 0 Å². The fraction of sp³-hybridized carbons (Fsp3) is 0.562. The van der Waals surface area contributed by atoms with Gasteiger partial charge in [-0.2, -0.15) is 0 Å². The molecule has 0 bridgehead atoms. The fourth-order valence-corrected chi connectivity index (χ4v) is 5.30. The van der Waals surface area contributed by atoms with E-state index in [1.165, 1.54) is 30.9 Å². The van der Waals surface area contributed by atoms with E-state index in [4.69, 9.17) is 28.7 Å². The number of hydrogen-bond donors (Lipinski definition) is 10. The van der Waals surface area contributed by atoms with E-state index in [0.29, 0.717) is 31.1 Å². The average Bonchev–Trinajstić information content (AvgIpc) is 3.58. The first-order valence-electron chi connectivity index (χ1n) is 16.7. The molecule has 1 fully saturated rings. The molecule has 19 heteroatoms. The van der Waals surface area contributed by atoms with Crippen LogP contribution in [0.15, 0.2) is 34.3 Å². The molecular formula is C32H52N12O7. The second-order valence-corrected chi connectivity index (χ2v) is 12.4. The molecule has 0 aliphatic carbocycles. The van der Waals surface area contributed by atoms with Gasteiger partial charge in [0.25, 0.3) is 0 Å². The highest BCUT2D eigenvalue weighted by molar-refractivity contribution is 5.96. The molecule has 51 heavy (non-hydrogen) atoms. The Labute approximate surface area is 296 Å². The molecule has 1 aromatic rings. The van der Waals surface area contributed by atoms with Crippen LogP contribution in [0.3, 0.4) is 0 Å². The summed E-state index contributed by atoms with van der Waals surface area (Å²) < 4.78 is 0. The molecule has 1 saturated heterocycles. The molecule has 1 aliphatic rings. The minimum Gasteiger partial charge on any atom is -0.508 e. The first-order chi connectivity index (χ1) is 24.1. The van der Waals surface area contributed by atoms with Crippen molar-refractivity contribution in [1.82, 2.24) is 26.2 Å². The molecule has 5 amide bonds. The Balaban J connectivity index is 2.24. The lowest BCUT2D eigenvalue weighted by atomic mass is 10.0. The monoisotopic (exact) mass is 716 g/mol. The highest BCUT2D eigenvalue weighted by Gasteiger charge is 2.39. The van der Waals surface area contributed by atoms with E-state index in [-0.39, 0.29) is 63.0 Å². The van der Waals surface area contributed by atoms with E-state index in [9.17, 15) is 33.9 Å². The van der Waals surface area contributed by atoms with Crippen molar-refractivity contribution in [2.75, 3.05) is 19.6 Å². The molecule has 1 aliphatic heterocycles. The molecule has 0 saturated carbocycles. The molecule has 0 aromatic heterocycles. The smallest absolute Gasteiger partial charge is 0.245 e. The van der Waals surface area contributed by atoms with Crippen LogP contribution in [0.25, 0.3) is 0 Å². The highest BCUT2D eigenvalue weighted by Crippen LogP contribution is 2.21. The van der Waals surface area contributed by atoms with Gasteiger partial charge in [-0.05, 0) is 70.1 Å². The number of benzene rings is 1. The average molecular weight is 717 g/mol. The summed E-state index contributed by atoms with van der Waals surface area (Å²) in [5.41, 5.74) is 28.2. The summed E-state index contributed by atoms with van der Waals surface area (Å²) >= 11 is 0. The van der Waals surface area contributed by atoms with Crippen LogP contribution in [0.5, 0.6) is 5.75 Å². The Hall–Kier alpha value is -5.46. The first-order valence-corrected chi connectivity index (χ1v) is 16.7. The van der Waals surface area contributed by atoms with Crippen LogP contribution in [0.1, 0.15) is 57.9 Å². The predicted octanol–water partition coefficient (Wildman–Crippen LogP) is -3.46. The zero-order valence-corrected chi connectivity index (χ0v) is 29.0. The van der Waals surface area contributed by atoms with Gasteiger partial charge in [0.2, 0.25) is 29.5 Å². The summed E-state index contributed by atoms with van der Waals surface area (Å²) in [7, 11) is 0. The number of guanidine groups is 2. The minimum absolute atomic E-state index is 0.00494. The SMILES string of the molecule is C[C@H](NC(=O)[C@H](Cc1ccc(O)cc1)NC(=O)[C@@H]1CCCN1C(=O)[C@H](CCCN=C(N)N)NC(=O)[C@@H](N)CCCN=C(N)N)C(=O)N[C@@H](C)C=O. The zero-order valence-electron chi connectivity index (χ0n) is 29.0. The van der Waals surface area contributed by atoms with E-state index >= 15 is 0 Å². The number of likely N-dealkylation sites (tertiary alicyclic amines) is 1. The Morgan fingerprint density at radius 3 is 2.06 bits per heavy atom. The first kappa shape index (κ1) is 41.7. The quantitative estimate of drug-likeness (QED) is 0.0272. The van der Waals surface area contributed by atoms with Crippen molar-refractivity contribution in [1.29, 1.82) is 0 Å². The van der Waals surface area contributed by atoms with Crippen molar-refractivity contribution >= 4 is 47.7 Å². The maximum absolute atomic E-state index is 13.9. The maximum atomic E-state index is 13.9. The molecule has 15 N–H and O–H groups in total. The van der Waals surface area contributed by atoms with Crippen LogP contribution < -0.4 is 49.9 Å². The number of nitrogens with zero attached hydrogens (tertiary/aromatic N) is 3. The van der Waals surface area contributed by atoms with E-state index in [1.54, 1.807) is 12.1 Å². The fourth-order valence-electron chi connectivity index (χ4n) is 5.30. The second-order valence-electron chi connectivity index (χ2n) is 12.4. The number of aromatic hydroxyl groups is 1. The van der Waals surface area contributed by atoms with Gasteiger partial charge in [-0.15, -0.1) is 0 Å². The zero-order chi connectivity index (χ0) is 38.1. The van der Waals surface area contributed by atoms with Crippen molar-refractivity contribution in [3.8, 4) is 5.75 Å². The lowest BCUT2D eigenvalue weighted by Gasteiger charge is -2.30. The maximum Gasteiger partial charge on any atom is 0.245 e.